The Bertz CT molecular complexity index is 3660. The predicted octanol–water partition coefficient (Wildman–Crippen LogP) is 15.9. The van der Waals surface area contributed by atoms with Gasteiger partial charge in [-0.3, -0.25) is 13.9 Å². The molecule has 0 saturated heterocycles. The van der Waals surface area contributed by atoms with Crippen LogP contribution in [0.3, 0.4) is 0 Å². The van der Waals surface area contributed by atoms with Crippen molar-refractivity contribution in [2.45, 2.75) is 38.5 Å². The topological polar surface area (TPSA) is 28.5 Å². The molecule has 0 bridgehead atoms. The molecule has 3 aliphatic rings. The minimum absolute atomic E-state index is 0.229. The second-order valence-corrected chi connectivity index (χ2v) is 21.3. The van der Waals surface area contributed by atoms with E-state index >= 15 is 4.57 Å². The summed E-state index contributed by atoms with van der Waals surface area (Å²) in [6.45, 7) is 9.26. The van der Waals surface area contributed by atoms with Crippen LogP contribution in [0.1, 0.15) is 49.9 Å². The molecule has 1 aromatic heterocycles. The minimum Gasteiger partial charge on any atom is -0.309 e. The Kier molecular flexibility index (Phi) is 7.95. The van der Waals surface area contributed by atoms with E-state index in [9.17, 15) is 0 Å². The van der Waals surface area contributed by atoms with Gasteiger partial charge in [-0.1, -0.05) is 155 Å². The zero-order chi connectivity index (χ0) is 43.8. The maximum atomic E-state index is 17.3. The van der Waals surface area contributed by atoms with Crippen LogP contribution in [0.25, 0.3) is 60.9 Å². The Morgan fingerprint density at radius 3 is 1.51 bits per heavy atom. The van der Waals surface area contributed by atoms with E-state index in [1.807, 2.05) is 30.3 Å². The molecule has 0 spiro atoms. The molecule has 1 aliphatic heterocycles. The van der Waals surface area contributed by atoms with Crippen molar-refractivity contribution < 1.29 is 4.57 Å². The molecular formula is C60H46N3OP. The molecule has 0 radical (unpaired) electrons. The van der Waals surface area contributed by atoms with Crippen LogP contribution in [-0.2, 0) is 15.4 Å². The van der Waals surface area contributed by atoms with Crippen molar-refractivity contribution in [1.82, 2.24) is 4.57 Å². The highest BCUT2D eigenvalue weighted by atomic mass is 31.2. The van der Waals surface area contributed by atoms with Gasteiger partial charge in [0.15, 0.2) is 0 Å². The van der Waals surface area contributed by atoms with Gasteiger partial charge in [0.2, 0.25) is 0 Å². The van der Waals surface area contributed by atoms with Crippen molar-refractivity contribution in [1.29, 1.82) is 0 Å². The smallest absolute Gasteiger partial charge is 0.301 e. The lowest BCUT2D eigenvalue weighted by molar-refractivity contribution is 0.582. The minimum atomic E-state index is -3.70. The van der Waals surface area contributed by atoms with Gasteiger partial charge in [-0.05, 0) is 134 Å². The van der Waals surface area contributed by atoms with E-state index in [1.165, 1.54) is 60.8 Å². The molecule has 4 nitrogen and oxygen atoms in total. The van der Waals surface area contributed by atoms with Crippen LogP contribution in [0, 0.1) is 0 Å². The number of hydrogen-bond donors (Lipinski definition) is 0. The highest BCUT2D eigenvalue weighted by molar-refractivity contribution is 7.76. The molecular weight excluding hydrogens is 810 g/mol. The Hall–Kier alpha value is -7.39. The Balaban J connectivity index is 1.05. The number of benzene rings is 9. The van der Waals surface area contributed by atoms with Gasteiger partial charge in [-0.15, -0.1) is 0 Å². The predicted molar refractivity (Wildman–Crippen MR) is 272 cm³/mol. The Labute approximate surface area is 380 Å². The Morgan fingerprint density at radius 1 is 0.369 bits per heavy atom. The molecule has 0 N–H and O–H groups in total. The highest BCUT2D eigenvalue weighted by Gasteiger charge is 2.50. The quantitative estimate of drug-likeness (QED) is 0.162. The first-order chi connectivity index (χ1) is 31.6. The van der Waals surface area contributed by atoms with Gasteiger partial charge in [-0.2, -0.15) is 0 Å². The lowest BCUT2D eigenvalue weighted by Crippen LogP contribution is -2.27. The lowest BCUT2D eigenvalue weighted by atomic mass is 9.82. The molecule has 2 heterocycles. The van der Waals surface area contributed by atoms with Crippen molar-refractivity contribution in [2.24, 2.45) is 0 Å². The van der Waals surface area contributed by atoms with Crippen molar-refractivity contribution in [2.75, 3.05) is 9.34 Å². The zero-order valence-corrected chi connectivity index (χ0v) is 37.7. The number of nitrogens with zero attached hydrogens (tertiary/aromatic N) is 3. The monoisotopic (exact) mass is 855 g/mol. The van der Waals surface area contributed by atoms with Crippen molar-refractivity contribution in [3.63, 3.8) is 0 Å². The molecule has 13 rings (SSSR count). The van der Waals surface area contributed by atoms with Crippen molar-refractivity contribution >= 4 is 57.3 Å². The van der Waals surface area contributed by atoms with Gasteiger partial charge in [-0.25, -0.2) is 0 Å². The number of aromatic nitrogens is 1. The standard InChI is InChI=1S/C60H46N3OP/c1-59(2)51-24-14-11-21-45(51)47-31-29-42(37-53(47)59)62-57-34-28-40(39-27-33-56-50(35-39)49-23-13-16-26-55(49)61(56)41-17-7-5-8-18-41)36-58(57)63(65(62,64)44-19-9-6-10-20-44)43-30-32-48-46-22-12-15-25-52(46)60(3,4)54(48)38-43/h5-38H,1-4H3. The van der Waals surface area contributed by atoms with Crippen LogP contribution in [0.4, 0.5) is 22.7 Å². The van der Waals surface area contributed by atoms with E-state index in [4.69, 9.17) is 0 Å². The maximum Gasteiger partial charge on any atom is 0.301 e. The molecule has 65 heavy (non-hydrogen) atoms. The fourth-order valence-corrected chi connectivity index (χ4v) is 14.5. The summed E-state index contributed by atoms with van der Waals surface area (Å²) in [6.07, 6.45) is 0. The molecule has 0 saturated carbocycles. The fourth-order valence-electron chi connectivity index (χ4n) is 11.5. The SMILES string of the molecule is CC1(C)c2ccccc2-c2ccc(N3c4ccc(-c5ccc6c(c5)c5ccccc5n6-c5ccccc5)cc4N(c4ccc5c(c4)C(C)(C)c4ccccc4-5)P3(=O)c3ccccc3)cc21. The molecule has 1 unspecified atom stereocenters. The normalized spacial score (nSPS) is 17.2. The summed E-state index contributed by atoms with van der Waals surface area (Å²) in [7, 11) is -3.70. The van der Waals surface area contributed by atoms with Gasteiger partial charge < -0.3 is 4.57 Å². The van der Waals surface area contributed by atoms with E-state index in [0.717, 1.165) is 50.4 Å². The highest BCUT2D eigenvalue weighted by Crippen LogP contribution is 2.71. The van der Waals surface area contributed by atoms with Gasteiger partial charge in [0.1, 0.15) is 0 Å². The summed E-state index contributed by atoms with van der Waals surface area (Å²) < 4.78 is 24.0. The summed E-state index contributed by atoms with van der Waals surface area (Å²) in [6, 6.07) is 74.0. The summed E-state index contributed by atoms with van der Waals surface area (Å²) >= 11 is 0. The number of rotatable bonds is 5. The summed E-state index contributed by atoms with van der Waals surface area (Å²) in [5.74, 6) is 0. The second kappa shape index (κ2) is 13.6. The molecule has 10 aromatic rings. The molecule has 312 valence electrons. The third-order valence-electron chi connectivity index (χ3n) is 14.7. The van der Waals surface area contributed by atoms with E-state index < -0.39 is 7.44 Å². The third-order valence-corrected chi connectivity index (χ3v) is 17.7. The van der Waals surface area contributed by atoms with Crippen LogP contribution in [-0.4, -0.2) is 4.57 Å². The molecule has 0 amide bonds. The van der Waals surface area contributed by atoms with Crippen LogP contribution < -0.4 is 14.6 Å². The first-order valence-corrected chi connectivity index (χ1v) is 24.2. The summed E-state index contributed by atoms with van der Waals surface area (Å²) in [5, 5.41) is 3.18. The van der Waals surface area contributed by atoms with Gasteiger partial charge in [0.05, 0.1) is 27.7 Å². The average Bonchev–Trinajstić information content (AvgIpc) is 3.98. The second-order valence-electron chi connectivity index (χ2n) is 18.9. The zero-order valence-electron chi connectivity index (χ0n) is 36.8. The molecule has 2 aliphatic carbocycles. The molecule has 0 fully saturated rings. The first-order valence-electron chi connectivity index (χ1n) is 22.6. The largest absolute Gasteiger partial charge is 0.309 e. The van der Waals surface area contributed by atoms with Gasteiger partial charge in [0, 0.05) is 38.7 Å². The Morgan fingerprint density at radius 2 is 0.862 bits per heavy atom. The first kappa shape index (κ1) is 38.1. The number of para-hydroxylation sites is 2. The van der Waals surface area contributed by atoms with Crippen LogP contribution in [0.15, 0.2) is 206 Å². The molecule has 9 aromatic carbocycles. The fraction of sp³-hybridized carbons (Fsp3) is 0.100. The van der Waals surface area contributed by atoms with E-state index in [-0.39, 0.29) is 10.8 Å². The van der Waals surface area contributed by atoms with Crippen molar-refractivity contribution in [3.05, 3.63) is 229 Å². The van der Waals surface area contributed by atoms with Crippen LogP contribution in [0.5, 0.6) is 0 Å². The maximum absolute atomic E-state index is 17.3. The number of fused-ring (bicyclic) bond motifs is 10. The number of anilines is 4. The van der Waals surface area contributed by atoms with Crippen molar-refractivity contribution in [3.8, 4) is 39.1 Å². The van der Waals surface area contributed by atoms with Gasteiger partial charge >= 0.3 is 7.44 Å². The van der Waals surface area contributed by atoms with E-state index in [2.05, 4.69) is 218 Å². The van der Waals surface area contributed by atoms with Gasteiger partial charge in [0.25, 0.3) is 0 Å². The molecule has 5 heteroatoms. The third kappa shape index (κ3) is 5.23. The summed E-state index contributed by atoms with van der Waals surface area (Å²) in [4.78, 5) is 0. The number of hydrogen-bond acceptors (Lipinski definition) is 1. The summed E-state index contributed by atoms with van der Waals surface area (Å²) in [5.41, 5.74) is 18.9. The van der Waals surface area contributed by atoms with E-state index in [1.54, 1.807) is 0 Å². The lowest BCUT2D eigenvalue weighted by Gasteiger charge is -2.34. The average molecular weight is 856 g/mol. The van der Waals surface area contributed by atoms with Crippen LogP contribution >= 0.6 is 7.44 Å². The van der Waals surface area contributed by atoms with Crippen LogP contribution in [0.2, 0.25) is 0 Å². The molecule has 1 atom stereocenters. The van der Waals surface area contributed by atoms with E-state index in [0.29, 0.717) is 0 Å².